The molecule has 2 aromatic heterocycles. The number of hydrogen-bond donors (Lipinski definition) is 1. The third kappa shape index (κ3) is 4.31. The summed E-state index contributed by atoms with van der Waals surface area (Å²) in [7, 11) is 0. The summed E-state index contributed by atoms with van der Waals surface area (Å²) >= 11 is 0. The summed E-state index contributed by atoms with van der Waals surface area (Å²) in [6.45, 7) is 5.29. The summed E-state index contributed by atoms with van der Waals surface area (Å²) in [5.41, 5.74) is 2.99. The van der Waals surface area contributed by atoms with Crippen molar-refractivity contribution >= 4 is 23.4 Å². The number of rotatable bonds is 6. The second-order valence-corrected chi connectivity index (χ2v) is 8.31. The maximum atomic E-state index is 12.5. The lowest BCUT2D eigenvalue weighted by Crippen LogP contribution is -2.37. The van der Waals surface area contributed by atoms with E-state index in [9.17, 15) is 14.4 Å². The molecule has 1 aliphatic rings. The molecule has 0 spiro atoms. The largest absolute Gasteiger partial charge is 0.439 e. The van der Waals surface area contributed by atoms with Gasteiger partial charge in [0.05, 0.1) is 16.8 Å². The van der Waals surface area contributed by atoms with Gasteiger partial charge in [-0.1, -0.05) is 12.1 Å². The van der Waals surface area contributed by atoms with Crippen LogP contribution >= 0.6 is 0 Å². The number of aromatic nitrogens is 4. The number of nitrogens with one attached hydrogen (secondary N) is 1. The first-order valence-corrected chi connectivity index (χ1v) is 11.2. The van der Waals surface area contributed by atoms with Crippen LogP contribution in [0.15, 0.2) is 60.9 Å². The fourth-order valence-electron chi connectivity index (χ4n) is 3.88. The molecular weight excluding hydrogens is 460 g/mol. The summed E-state index contributed by atoms with van der Waals surface area (Å²) < 4.78 is 7.77. The molecular formula is C26H22N6O4. The Bertz CT molecular complexity index is 1470. The zero-order valence-corrected chi connectivity index (χ0v) is 19.8. The molecule has 0 aliphatic carbocycles. The number of carbonyl (C=O) groups is 3. The number of nitrogens with zero attached hydrogens (tertiary/aromatic N) is 5. The maximum Gasteiger partial charge on any atom is 0.262 e. The van der Waals surface area contributed by atoms with Crippen molar-refractivity contribution in [2.45, 2.75) is 20.8 Å². The van der Waals surface area contributed by atoms with Crippen molar-refractivity contribution in [1.82, 2.24) is 24.4 Å². The number of carbonyl (C=O) groups excluding carboxylic acids is 3. The third-order valence-electron chi connectivity index (χ3n) is 5.84. The van der Waals surface area contributed by atoms with E-state index in [0.717, 1.165) is 16.3 Å². The highest BCUT2D eigenvalue weighted by Gasteiger charge is 2.36. The SMILES string of the molecule is Cc1nc(Oc2ccc(NC(=O)CN3C(=O)c4ccccc4C3=O)cc2)cc(-n2cnc(C)c2C)n1. The molecule has 4 aromatic rings. The molecule has 0 saturated carbocycles. The maximum absolute atomic E-state index is 12.5. The number of benzene rings is 2. The van der Waals surface area contributed by atoms with Gasteiger partial charge in [-0.15, -0.1) is 0 Å². The van der Waals surface area contributed by atoms with Gasteiger partial charge in [0.2, 0.25) is 11.8 Å². The highest BCUT2D eigenvalue weighted by Crippen LogP contribution is 2.25. The van der Waals surface area contributed by atoms with Crippen molar-refractivity contribution in [3.8, 4) is 17.4 Å². The van der Waals surface area contributed by atoms with Gasteiger partial charge in [-0.2, -0.15) is 4.98 Å². The van der Waals surface area contributed by atoms with E-state index in [4.69, 9.17) is 4.74 Å². The zero-order valence-electron chi connectivity index (χ0n) is 19.8. The van der Waals surface area contributed by atoms with E-state index in [0.29, 0.717) is 40.1 Å². The Morgan fingerprint density at radius 2 is 1.61 bits per heavy atom. The Kier molecular flexibility index (Phi) is 5.77. The van der Waals surface area contributed by atoms with Crippen LogP contribution in [0.4, 0.5) is 5.69 Å². The lowest BCUT2D eigenvalue weighted by Gasteiger charge is -2.14. The van der Waals surface area contributed by atoms with Gasteiger partial charge in [0.15, 0.2) is 0 Å². The first-order chi connectivity index (χ1) is 17.3. The van der Waals surface area contributed by atoms with E-state index >= 15 is 0 Å². The van der Waals surface area contributed by atoms with E-state index in [2.05, 4.69) is 20.3 Å². The molecule has 36 heavy (non-hydrogen) atoms. The van der Waals surface area contributed by atoms with E-state index in [1.165, 1.54) is 0 Å². The standard InChI is InChI=1S/C26H22N6O4/c1-15-16(2)32(14-27-15)22-12-24(29-17(3)28-22)36-19-10-8-18(9-11-19)30-23(33)13-31-25(34)20-6-4-5-7-21(20)26(31)35/h4-12,14H,13H2,1-3H3,(H,30,33). The minimum absolute atomic E-state index is 0.304. The number of imidazole rings is 1. The van der Waals surface area contributed by atoms with Crippen LogP contribution in [0, 0.1) is 20.8 Å². The normalized spacial score (nSPS) is 12.6. The molecule has 1 N–H and O–H groups in total. The molecule has 0 saturated heterocycles. The summed E-state index contributed by atoms with van der Waals surface area (Å²) in [6, 6.07) is 14.9. The molecule has 2 aromatic carbocycles. The number of imide groups is 1. The predicted octanol–water partition coefficient (Wildman–Crippen LogP) is 3.61. The third-order valence-corrected chi connectivity index (χ3v) is 5.84. The van der Waals surface area contributed by atoms with Crippen molar-refractivity contribution in [3.63, 3.8) is 0 Å². The van der Waals surface area contributed by atoms with Crippen LogP contribution in [0.25, 0.3) is 5.82 Å². The van der Waals surface area contributed by atoms with Gasteiger partial charge >= 0.3 is 0 Å². The summed E-state index contributed by atoms with van der Waals surface area (Å²) in [6.07, 6.45) is 1.70. The van der Waals surface area contributed by atoms with E-state index in [-0.39, 0.29) is 6.54 Å². The smallest absolute Gasteiger partial charge is 0.262 e. The first-order valence-electron chi connectivity index (χ1n) is 11.2. The number of amides is 3. The molecule has 0 fully saturated rings. The van der Waals surface area contributed by atoms with Gasteiger partial charge in [-0.3, -0.25) is 23.9 Å². The van der Waals surface area contributed by atoms with Gasteiger partial charge < -0.3 is 10.1 Å². The molecule has 3 amide bonds. The average Bonchev–Trinajstić information content (AvgIpc) is 3.31. The number of aryl methyl sites for hydroxylation is 2. The molecule has 10 nitrogen and oxygen atoms in total. The predicted molar refractivity (Wildman–Crippen MR) is 130 cm³/mol. The molecule has 0 unspecified atom stereocenters. The van der Waals surface area contributed by atoms with Crippen LogP contribution in [0.1, 0.15) is 37.9 Å². The molecule has 180 valence electrons. The van der Waals surface area contributed by atoms with E-state index < -0.39 is 17.7 Å². The van der Waals surface area contributed by atoms with Crippen molar-refractivity contribution in [1.29, 1.82) is 0 Å². The minimum Gasteiger partial charge on any atom is -0.439 e. The summed E-state index contributed by atoms with van der Waals surface area (Å²) in [5.74, 6) is 0.630. The molecule has 0 radical (unpaired) electrons. The van der Waals surface area contributed by atoms with Crippen molar-refractivity contribution in [3.05, 3.63) is 89.3 Å². The number of ether oxygens (including phenoxy) is 1. The minimum atomic E-state index is -0.486. The lowest BCUT2D eigenvalue weighted by atomic mass is 10.1. The molecule has 3 heterocycles. The number of anilines is 1. The quantitative estimate of drug-likeness (QED) is 0.417. The van der Waals surface area contributed by atoms with Gasteiger partial charge in [-0.05, 0) is 57.2 Å². The molecule has 0 atom stereocenters. The number of fused-ring (bicyclic) bond motifs is 1. The lowest BCUT2D eigenvalue weighted by molar-refractivity contribution is -0.116. The Hall–Kier alpha value is -4.86. The van der Waals surface area contributed by atoms with Gasteiger partial charge in [0, 0.05) is 17.4 Å². The van der Waals surface area contributed by atoms with Crippen LogP contribution in [0.5, 0.6) is 11.6 Å². The average molecular weight is 483 g/mol. The van der Waals surface area contributed by atoms with Crippen LogP contribution in [-0.4, -0.2) is 48.7 Å². The summed E-state index contributed by atoms with van der Waals surface area (Å²) in [4.78, 5) is 51.5. The summed E-state index contributed by atoms with van der Waals surface area (Å²) in [5, 5.41) is 2.70. The van der Waals surface area contributed by atoms with Crippen LogP contribution in [-0.2, 0) is 4.79 Å². The fourth-order valence-corrected chi connectivity index (χ4v) is 3.88. The number of hydrogen-bond acceptors (Lipinski definition) is 7. The van der Waals surface area contributed by atoms with E-state index in [1.54, 1.807) is 67.8 Å². The molecule has 0 bridgehead atoms. The Labute approximate surface area is 206 Å². The van der Waals surface area contributed by atoms with Crippen LogP contribution in [0.2, 0.25) is 0 Å². The second kappa shape index (κ2) is 9.06. The highest BCUT2D eigenvalue weighted by atomic mass is 16.5. The Balaban J connectivity index is 1.24. The van der Waals surface area contributed by atoms with E-state index in [1.807, 2.05) is 18.4 Å². The van der Waals surface area contributed by atoms with Gasteiger partial charge in [-0.25, -0.2) is 9.97 Å². The Morgan fingerprint density at radius 3 is 2.22 bits per heavy atom. The molecule has 10 heteroatoms. The molecule has 1 aliphatic heterocycles. The first kappa shape index (κ1) is 22.9. The van der Waals surface area contributed by atoms with Gasteiger partial charge in [0.25, 0.3) is 11.8 Å². The van der Waals surface area contributed by atoms with Crippen LogP contribution in [0.3, 0.4) is 0 Å². The second-order valence-electron chi connectivity index (χ2n) is 8.31. The van der Waals surface area contributed by atoms with Crippen molar-refractivity contribution < 1.29 is 19.1 Å². The van der Waals surface area contributed by atoms with Crippen LogP contribution < -0.4 is 10.1 Å². The zero-order chi connectivity index (χ0) is 25.4. The van der Waals surface area contributed by atoms with Gasteiger partial charge in [0.1, 0.15) is 30.3 Å². The van der Waals surface area contributed by atoms with Crippen molar-refractivity contribution in [2.24, 2.45) is 0 Å². The molecule has 5 rings (SSSR count). The van der Waals surface area contributed by atoms with Crippen molar-refractivity contribution in [2.75, 3.05) is 11.9 Å². The Morgan fingerprint density at radius 1 is 0.944 bits per heavy atom. The topological polar surface area (TPSA) is 119 Å². The highest BCUT2D eigenvalue weighted by molar-refractivity contribution is 6.22. The fraction of sp³-hybridized carbons (Fsp3) is 0.154. The monoisotopic (exact) mass is 482 g/mol.